The van der Waals surface area contributed by atoms with Crippen LogP contribution in [0.3, 0.4) is 0 Å². The van der Waals surface area contributed by atoms with Crippen molar-refractivity contribution in [1.29, 1.82) is 0 Å². The summed E-state index contributed by atoms with van der Waals surface area (Å²) >= 11 is 12.4. The van der Waals surface area contributed by atoms with Gasteiger partial charge >= 0.3 is 6.18 Å². The molecule has 0 spiro atoms. The molecule has 0 radical (unpaired) electrons. The number of anilines is 1. The van der Waals surface area contributed by atoms with Gasteiger partial charge in [0, 0.05) is 33.8 Å². The number of hydrogen-bond acceptors (Lipinski definition) is 6. The molecule has 5 rings (SSSR count). The van der Waals surface area contributed by atoms with Crippen LogP contribution in [-0.4, -0.2) is 61.8 Å². The van der Waals surface area contributed by atoms with Crippen molar-refractivity contribution in [3.8, 4) is 5.69 Å². The van der Waals surface area contributed by atoms with E-state index in [1.165, 1.54) is 29.2 Å². The Bertz CT molecular complexity index is 1360. The third kappa shape index (κ3) is 4.35. The van der Waals surface area contributed by atoms with Crippen LogP contribution >= 0.6 is 23.2 Å². The number of aliphatic hydroxyl groups is 1. The van der Waals surface area contributed by atoms with Crippen LogP contribution in [-0.2, 0) is 16.6 Å². The molecule has 1 fully saturated rings. The van der Waals surface area contributed by atoms with E-state index in [-0.39, 0.29) is 39.4 Å². The molecule has 2 aromatic carbocycles. The first-order valence-corrected chi connectivity index (χ1v) is 13.0. The Morgan fingerprint density at radius 3 is 2.45 bits per heavy atom. The number of tetrazole rings is 1. The second-order valence-electron chi connectivity index (χ2n) is 9.57. The van der Waals surface area contributed by atoms with Gasteiger partial charge in [-0.3, -0.25) is 4.79 Å². The summed E-state index contributed by atoms with van der Waals surface area (Å²) in [6.45, 7) is 6.06. The number of alkyl halides is 3. The zero-order valence-electron chi connectivity index (χ0n) is 20.6. The smallest absolute Gasteiger partial charge is 0.372 e. The number of fused-ring (bicyclic) bond motifs is 1. The summed E-state index contributed by atoms with van der Waals surface area (Å²) in [7, 11) is 0. The van der Waals surface area contributed by atoms with E-state index >= 15 is 0 Å². The van der Waals surface area contributed by atoms with E-state index in [1.807, 2.05) is 0 Å². The van der Waals surface area contributed by atoms with Gasteiger partial charge in [0.15, 0.2) is 11.9 Å². The molecule has 1 aromatic heterocycles. The van der Waals surface area contributed by atoms with Gasteiger partial charge in [0.25, 0.3) is 5.91 Å². The molecule has 38 heavy (non-hydrogen) atoms. The van der Waals surface area contributed by atoms with Gasteiger partial charge in [0.05, 0.1) is 16.9 Å². The Morgan fingerprint density at radius 2 is 1.87 bits per heavy atom. The Hall–Kier alpha value is -2.73. The molecule has 1 N–H and O–H groups in total. The lowest BCUT2D eigenvalue weighted by atomic mass is 9.78. The zero-order chi connectivity index (χ0) is 27.4. The van der Waals surface area contributed by atoms with E-state index in [0.29, 0.717) is 6.04 Å². The first-order chi connectivity index (χ1) is 18.0. The summed E-state index contributed by atoms with van der Waals surface area (Å²) in [6, 6.07) is 6.44. The van der Waals surface area contributed by atoms with Crippen molar-refractivity contribution in [3.63, 3.8) is 0 Å². The molecule has 0 bridgehead atoms. The van der Waals surface area contributed by atoms with Gasteiger partial charge < -0.3 is 14.9 Å². The highest BCUT2D eigenvalue weighted by molar-refractivity contribution is 6.35. The first-order valence-electron chi connectivity index (χ1n) is 12.2. The van der Waals surface area contributed by atoms with Crippen molar-refractivity contribution < 1.29 is 23.1 Å². The molecule has 2 aliphatic rings. The second kappa shape index (κ2) is 9.78. The quantitative estimate of drug-likeness (QED) is 0.445. The number of carbonyl (C=O) groups is 1. The number of halogens is 5. The Kier molecular flexibility index (Phi) is 6.91. The maximum Gasteiger partial charge on any atom is 0.416 e. The molecule has 202 valence electrons. The molecule has 3 aromatic rings. The number of amides is 1. The first kappa shape index (κ1) is 26.9. The van der Waals surface area contributed by atoms with Gasteiger partial charge in [-0.25, -0.2) is 0 Å². The highest BCUT2D eigenvalue weighted by atomic mass is 35.5. The molecular weight excluding hydrogens is 544 g/mol. The third-order valence-corrected chi connectivity index (χ3v) is 8.04. The van der Waals surface area contributed by atoms with E-state index in [4.69, 9.17) is 23.2 Å². The van der Waals surface area contributed by atoms with Crippen molar-refractivity contribution in [1.82, 2.24) is 25.1 Å². The predicted molar refractivity (Wildman–Crippen MR) is 135 cm³/mol. The van der Waals surface area contributed by atoms with Crippen molar-refractivity contribution in [3.05, 3.63) is 63.4 Å². The van der Waals surface area contributed by atoms with E-state index in [0.717, 1.165) is 43.1 Å². The van der Waals surface area contributed by atoms with Crippen LogP contribution in [0.1, 0.15) is 43.4 Å². The molecule has 13 heteroatoms. The summed E-state index contributed by atoms with van der Waals surface area (Å²) in [4.78, 5) is 18.4. The minimum atomic E-state index is -4.92. The minimum absolute atomic E-state index is 0.0444. The van der Waals surface area contributed by atoms with Gasteiger partial charge in [-0.1, -0.05) is 43.1 Å². The fourth-order valence-corrected chi connectivity index (χ4v) is 6.15. The van der Waals surface area contributed by atoms with Crippen LogP contribution < -0.4 is 4.90 Å². The Morgan fingerprint density at radius 1 is 1.16 bits per heavy atom. The standard InChI is InChI=1S/C25H25Cl2F3N6O2/c1-3-34(4-2)16-7-14(8-16)12-35-21-11-17(36-32-13-31-33-36)10-19(25(28,29)30)22(21)24(38,23(35)37)18-6-5-15(26)9-20(18)27/h5-6,9-11,13-14,16,38H,3-4,7-8,12H2,1-2H3. The normalized spacial score (nSPS) is 23.2. The number of benzene rings is 2. The highest BCUT2D eigenvalue weighted by Crippen LogP contribution is 2.53. The molecule has 1 atom stereocenters. The van der Waals surface area contributed by atoms with Gasteiger partial charge in [-0.15, -0.1) is 15.0 Å². The van der Waals surface area contributed by atoms with Crippen LogP contribution in [0.15, 0.2) is 36.7 Å². The van der Waals surface area contributed by atoms with E-state index < -0.39 is 28.8 Å². The summed E-state index contributed by atoms with van der Waals surface area (Å²) in [5, 5.41) is 23.2. The number of aromatic nitrogens is 4. The van der Waals surface area contributed by atoms with Crippen LogP contribution in [0.25, 0.3) is 5.69 Å². The summed E-state index contributed by atoms with van der Waals surface area (Å²) in [6.07, 6.45) is -2.25. The number of hydrogen-bond donors (Lipinski definition) is 1. The maximum atomic E-state index is 14.5. The van der Waals surface area contributed by atoms with Crippen molar-refractivity contribution in [2.45, 2.75) is 44.5 Å². The summed E-state index contributed by atoms with van der Waals surface area (Å²) < 4.78 is 43.6. The number of rotatable bonds is 7. The Labute approximate surface area is 226 Å². The average Bonchev–Trinajstić information content (AvgIpc) is 3.44. The molecule has 1 aliphatic carbocycles. The van der Waals surface area contributed by atoms with Crippen LogP contribution in [0.2, 0.25) is 10.0 Å². The molecule has 1 amide bonds. The average molecular weight is 569 g/mol. The van der Waals surface area contributed by atoms with Gasteiger partial charge in [0.2, 0.25) is 0 Å². The summed E-state index contributed by atoms with van der Waals surface area (Å²) in [5.74, 6) is -0.861. The van der Waals surface area contributed by atoms with E-state index in [2.05, 4.69) is 34.2 Å². The van der Waals surface area contributed by atoms with E-state index in [1.54, 1.807) is 0 Å². The monoisotopic (exact) mass is 568 g/mol. The highest BCUT2D eigenvalue weighted by Gasteiger charge is 2.57. The lowest BCUT2D eigenvalue weighted by Gasteiger charge is -2.43. The largest absolute Gasteiger partial charge is 0.416 e. The second-order valence-corrected chi connectivity index (χ2v) is 10.4. The van der Waals surface area contributed by atoms with Crippen LogP contribution in [0, 0.1) is 5.92 Å². The fraction of sp³-hybridized carbons (Fsp3) is 0.440. The summed E-state index contributed by atoms with van der Waals surface area (Å²) in [5.41, 5.74) is -4.75. The van der Waals surface area contributed by atoms with Crippen molar-refractivity contribution in [2.75, 3.05) is 24.5 Å². The number of nitrogens with zero attached hydrogens (tertiary/aromatic N) is 6. The van der Waals surface area contributed by atoms with Crippen molar-refractivity contribution in [2.24, 2.45) is 5.92 Å². The third-order valence-electron chi connectivity index (χ3n) is 7.50. The fourth-order valence-electron chi connectivity index (χ4n) is 5.60. The van der Waals surface area contributed by atoms with Gasteiger partial charge in [-0.05, 0) is 61.3 Å². The molecule has 2 heterocycles. The lowest BCUT2D eigenvalue weighted by Crippen LogP contribution is -2.50. The SMILES string of the molecule is CCN(CC)C1CC(CN2C(=O)C(O)(c3ccc(Cl)cc3Cl)c3c2cc(-n2ncnn2)cc3C(F)(F)F)C1. The molecular formula is C25H25Cl2F3N6O2. The van der Waals surface area contributed by atoms with Gasteiger partial charge in [-0.2, -0.15) is 13.2 Å². The lowest BCUT2D eigenvalue weighted by molar-refractivity contribution is -0.142. The topological polar surface area (TPSA) is 87.4 Å². The minimum Gasteiger partial charge on any atom is -0.372 e. The number of carbonyl (C=O) groups excluding carboxylic acids is 1. The zero-order valence-corrected chi connectivity index (χ0v) is 22.1. The van der Waals surface area contributed by atoms with Crippen LogP contribution in [0.4, 0.5) is 18.9 Å². The molecule has 0 saturated heterocycles. The van der Waals surface area contributed by atoms with E-state index in [9.17, 15) is 23.1 Å². The van der Waals surface area contributed by atoms with Crippen molar-refractivity contribution >= 4 is 34.8 Å². The molecule has 1 aliphatic heterocycles. The molecule has 1 saturated carbocycles. The molecule has 1 unspecified atom stereocenters. The van der Waals surface area contributed by atoms with Crippen LogP contribution in [0.5, 0.6) is 0 Å². The Balaban J connectivity index is 1.66. The predicted octanol–water partition coefficient (Wildman–Crippen LogP) is 4.69. The maximum absolute atomic E-state index is 14.5. The van der Waals surface area contributed by atoms with Gasteiger partial charge in [0.1, 0.15) is 0 Å². The molecule has 8 nitrogen and oxygen atoms in total.